The number of nitrogens with two attached hydrogens (primary N) is 1. The molecule has 0 radical (unpaired) electrons. The molecule has 0 aliphatic carbocycles. The molecule has 0 spiro atoms. The molecule has 0 saturated carbocycles. The van der Waals surface area contributed by atoms with E-state index in [9.17, 15) is 4.79 Å². The first-order chi connectivity index (χ1) is 10.0. The van der Waals surface area contributed by atoms with Crippen molar-refractivity contribution in [1.82, 2.24) is 9.80 Å². The number of halogens is 2. The molecule has 8 heteroatoms. The van der Waals surface area contributed by atoms with E-state index in [2.05, 4.69) is 21.1 Å². The van der Waals surface area contributed by atoms with Gasteiger partial charge in [-0.15, -0.1) is 0 Å². The fourth-order valence-electron chi connectivity index (χ4n) is 2.20. The van der Waals surface area contributed by atoms with Crippen LogP contribution < -0.4 is 5.73 Å². The Hall–Kier alpha value is -1.31. The summed E-state index contributed by atoms with van der Waals surface area (Å²) >= 11 is 9.32. The van der Waals surface area contributed by atoms with Crippen LogP contribution in [0.3, 0.4) is 0 Å². The van der Waals surface area contributed by atoms with Crippen molar-refractivity contribution in [2.75, 3.05) is 32.7 Å². The fourth-order valence-corrected chi connectivity index (χ4v) is 2.79. The third kappa shape index (κ3) is 4.09. The van der Waals surface area contributed by atoms with Gasteiger partial charge in [-0.1, -0.05) is 16.8 Å². The highest BCUT2D eigenvalue weighted by molar-refractivity contribution is 9.10. The minimum Gasteiger partial charge on any atom is -0.409 e. The van der Waals surface area contributed by atoms with Crippen LogP contribution in [-0.4, -0.2) is 59.5 Å². The lowest BCUT2D eigenvalue weighted by Gasteiger charge is -2.34. The third-order valence-electron chi connectivity index (χ3n) is 3.33. The molecule has 1 fully saturated rings. The second-order valence-electron chi connectivity index (χ2n) is 4.78. The summed E-state index contributed by atoms with van der Waals surface area (Å²) in [7, 11) is 0. The van der Waals surface area contributed by atoms with Gasteiger partial charge >= 0.3 is 0 Å². The van der Waals surface area contributed by atoms with Crippen molar-refractivity contribution in [2.45, 2.75) is 0 Å². The van der Waals surface area contributed by atoms with E-state index in [0.29, 0.717) is 43.3 Å². The Kier molecular flexibility index (Phi) is 5.44. The number of nitrogens with zero attached hydrogens (tertiary/aromatic N) is 3. The van der Waals surface area contributed by atoms with Crippen LogP contribution in [0.2, 0.25) is 5.02 Å². The molecule has 2 rings (SSSR count). The summed E-state index contributed by atoms with van der Waals surface area (Å²) in [6.07, 6.45) is 0. The van der Waals surface area contributed by atoms with Gasteiger partial charge in [0.1, 0.15) is 0 Å². The molecule has 21 heavy (non-hydrogen) atoms. The van der Waals surface area contributed by atoms with Gasteiger partial charge in [-0.05, 0) is 34.1 Å². The second kappa shape index (κ2) is 7.11. The van der Waals surface area contributed by atoms with Crippen molar-refractivity contribution in [1.29, 1.82) is 0 Å². The molecule has 1 heterocycles. The number of amides is 1. The summed E-state index contributed by atoms with van der Waals surface area (Å²) in [4.78, 5) is 16.3. The van der Waals surface area contributed by atoms with Crippen molar-refractivity contribution in [3.8, 4) is 0 Å². The van der Waals surface area contributed by atoms with E-state index < -0.39 is 0 Å². The van der Waals surface area contributed by atoms with Crippen LogP contribution in [0.15, 0.2) is 27.8 Å². The average molecular weight is 376 g/mol. The standard InChI is InChI=1S/C13H16BrClN4O2/c14-11-2-1-9(15)7-10(11)13(20)19-5-3-18(4-6-19)8-12(16)17-21/h1-2,7,21H,3-6,8H2,(H2,16,17). The minimum absolute atomic E-state index is 0.0483. The number of rotatable bonds is 3. The highest BCUT2D eigenvalue weighted by Gasteiger charge is 2.24. The topological polar surface area (TPSA) is 82.2 Å². The van der Waals surface area contributed by atoms with Crippen LogP contribution in [0.1, 0.15) is 10.4 Å². The molecule has 1 amide bonds. The molecule has 6 nitrogen and oxygen atoms in total. The minimum atomic E-state index is -0.0483. The SMILES string of the molecule is N/C(CN1CCN(C(=O)c2cc(Cl)ccc2Br)CC1)=N/O. The Labute approximate surface area is 136 Å². The molecule has 0 aromatic heterocycles. The van der Waals surface area contributed by atoms with Crippen molar-refractivity contribution in [3.63, 3.8) is 0 Å². The normalized spacial score (nSPS) is 17.0. The zero-order chi connectivity index (χ0) is 15.4. The lowest BCUT2D eigenvalue weighted by atomic mass is 10.2. The highest BCUT2D eigenvalue weighted by atomic mass is 79.9. The monoisotopic (exact) mass is 374 g/mol. The van der Waals surface area contributed by atoms with E-state index >= 15 is 0 Å². The summed E-state index contributed by atoms with van der Waals surface area (Å²) in [5, 5.41) is 12.1. The van der Waals surface area contributed by atoms with Crippen LogP contribution in [0.4, 0.5) is 0 Å². The second-order valence-corrected chi connectivity index (χ2v) is 6.07. The first kappa shape index (κ1) is 16.1. The summed E-state index contributed by atoms with van der Waals surface area (Å²) in [5.74, 6) is 0.125. The molecule has 3 N–H and O–H groups in total. The molecule has 1 aromatic rings. The van der Waals surface area contributed by atoms with Gasteiger partial charge in [0.05, 0.1) is 12.1 Å². The maximum atomic E-state index is 12.5. The van der Waals surface area contributed by atoms with E-state index in [4.69, 9.17) is 22.5 Å². The number of oxime groups is 1. The smallest absolute Gasteiger partial charge is 0.255 e. The van der Waals surface area contributed by atoms with Crippen molar-refractivity contribution in [2.24, 2.45) is 10.9 Å². The molecular weight excluding hydrogens is 360 g/mol. The fraction of sp³-hybridized carbons (Fsp3) is 0.385. The molecule has 0 bridgehead atoms. The Morgan fingerprint density at radius 3 is 2.67 bits per heavy atom. The predicted molar refractivity (Wildman–Crippen MR) is 84.9 cm³/mol. The summed E-state index contributed by atoms with van der Waals surface area (Å²) < 4.78 is 0.732. The summed E-state index contributed by atoms with van der Waals surface area (Å²) in [6.45, 7) is 2.95. The maximum Gasteiger partial charge on any atom is 0.255 e. The number of carbonyl (C=O) groups excluding carboxylic acids is 1. The molecular formula is C13H16BrClN4O2. The molecule has 1 aromatic carbocycles. The molecule has 0 unspecified atom stereocenters. The zero-order valence-corrected chi connectivity index (χ0v) is 13.6. The van der Waals surface area contributed by atoms with Gasteiger partial charge in [-0.25, -0.2) is 0 Å². The van der Waals surface area contributed by atoms with Gasteiger partial charge in [-0.3, -0.25) is 9.69 Å². The quantitative estimate of drug-likeness (QED) is 0.364. The summed E-state index contributed by atoms with van der Waals surface area (Å²) in [6, 6.07) is 5.17. The largest absolute Gasteiger partial charge is 0.409 e. The van der Waals surface area contributed by atoms with Crippen LogP contribution in [0.5, 0.6) is 0 Å². The third-order valence-corrected chi connectivity index (χ3v) is 4.26. The zero-order valence-electron chi connectivity index (χ0n) is 11.3. The Morgan fingerprint density at radius 1 is 1.38 bits per heavy atom. The number of amidine groups is 1. The first-order valence-corrected chi connectivity index (χ1v) is 7.61. The van der Waals surface area contributed by atoms with E-state index in [1.165, 1.54) is 0 Å². The lowest BCUT2D eigenvalue weighted by molar-refractivity contribution is 0.0652. The van der Waals surface area contributed by atoms with E-state index in [-0.39, 0.29) is 11.7 Å². The lowest BCUT2D eigenvalue weighted by Crippen LogP contribution is -2.50. The number of benzene rings is 1. The first-order valence-electron chi connectivity index (χ1n) is 6.44. The van der Waals surface area contributed by atoms with Crippen molar-refractivity contribution >= 4 is 39.3 Å². The van der Waals surface area contributed by atoms with E-state index in [1.54, 1.807) is 23.1 Å². The van der Waals surface area contributed by atoms with Crippen molar-refractivity contribution in [3.05, 3.63) is 33.3 Å². The molecule has 0 atom stereocenters. The van der Waals surface area contributed by atoms with Gasteiger partial charge in [-0.2, -0.15) is 0 Å². The number of hydrogen-bond donors (Lipinski definition) is 2. The average Bonchev–Trinajstić information content (AvgIpc) is 2.49. The molecule has 1 aliphatic rings. The van der Waals surface area contributed by atoms with E-state index in [0.717, 1.165) is 4.47 Å². The Morgan fingerprint density at radius 2 is 2.05 bits per heavy atom. The Balaban J connectivity index is 1.99. The van der Waals surface area contributed by atoms with Crippen LogP contribution in [0, 0.1) is 0 Å². The van der Waals surface area contributed by atoms with Gasteiger partial charge in [0.2, 0.25) is 0 Å². The molecule has 1 saturated heterocycles. The van der Waals surface area contributed by atoms with Gasteiger partial charge in [0, 0.05) is 35.7 Å². The van der Waals surface area contributed by atoms with Crippen molar-refractivity contribution < 1.29 is 10.0 Å². The van der Waals surface area contributed by atoms with Crippen LogP contribution in [-0.2, 0) is 0 Å². The highest BCUT2D eigenvalue weighted by Crippen LogP contribution is 2.23. The Bertz CT molecular complexity index is 559. The maximum absolute atomic E-state index is 12.5. The van der Waals surface area contributed by atoms with Gasteiger partial charge in [0.15, 0.2) is 5.84 Å². The molecule has 1 aliphatic heterocycles. The van der Waals surface area contributed by atoms with Gasteiger partial charge in [0.25, 0.3) is 5.91 Å². The van der Waals surface area contributed by atoms with E-state index in [1.807, 2.05) is 4.90 Å². The summed E-state index contributed by atoms with van der Waals surface area (Å²) in [5.41, 5.74) is 6.05. The predicted octanol–water partition coefficient (Wildman–Crippen LogP) is 1.61. The number of piperazine rings is 1. The molecule has 114 valence electrons. The van der Waals surface area contributed by atoms with Crippen LogP contribution >= 0.6 is 27.5 Å². The van der Waals surface area contributed by atoms with Gasteiger partial charge < -0.3 is 15.8 Å². The number of carbonyl (C=O) groups is 1. The van der Waals surface area contributed by atoms with Crippen LogP contribution in [0.25, 0.3) is 0 Å². The number of hydrogen-bond acceptors (Lipinski definition) is 4.